The molecule has 1 rings (SSSR count). The highest BCUT2D eigenvalue weighted by Crippen LogP contribution is 2.17. The minimum absolute atomic E-state index is 0.0746. The van der Waals surface area contributed by atoms with Crippen molar-refractivity contribution >= 4 is 22.3 Å². The van der Waals surface area contributed by atoms with Crippen LogP contribution in [0.3, 0.4) is 0 Å². The molecular formula is C11H20N2O7S. The Kier molecular flexibility index (Phi) is 5.05. The molecule has 122 valence electrons. The first-order valence-electron chi connectivity index (χ1n) is 6.23. The molecule has 0 aromatic rings. The number of ether oxygens (including phenoxy) is 1. The van der Waals surface area contributed by atoms with E-state index in [1.54, 1.807) is 20.8 Å². The van der Waals surface area contributed by atoms with Gasteiger partial charge in [0.05, 0.1) is 18.8 Å². The van der Waals surface area contributed by atoms with Gasteiger partial charge in [0, 0.05) is 6.54 Å². The Morgan fingerprint density at radius 1 is 1.29 bits per heavy atom. The molecule has 0 aliphatic carbocycles. The normalized spacial score (nSPS) is 23.0. The summed E-state index contributed by atoms with van der Waals surface area (Å²) in [6.07, 6.45) is -2.10. The van der Waals surface area contributed by atoms with Gasteiger partial charge in [0.25, 0.3) is 10.1 Å². The van der Waals surface area contributed by atoms with Gasteiger partial charge < -0.3 is 20.1 Å². The Morgan fingerprint density at radius 3 is 2.29 bits per heavy atom. The van der Waals surface area contributed by atoms with Crippen molar-refractivity contribution in [2.75, 3.05) is 19.3 Å². The van der Waals surface area contributed by atoms with Gasteiger partial charge in [-0.3, -0.25) is 4.18 Å². The third kappa shape index (κ3) is 6.17. The van der Waals surface area contributed by atoms with E-state index < -0.39 is 40.1 Å². The van der Waals surface area contributed by atoms with Crippen LogP contribution in [0.15, 0.2) is 0 Å². The number of nitrogens with one attached hydrogen (secondary N) is 1. The maximum Gasteiger partial charge on any atom is 0.408 e. The molecule has 10 heteroatoms. The number of likely N-dealkylation sites (tertiary alicyclic amines) is 1. The van der Waals surface area contributed by atoms with Crippen molar-refractivity contribution < 1.29 is 32.0 Å². The van der Waals surface area contributed by atoms with Crippen molar-refractivity contribution in [1.29, 1.82) is 0 Å². The first-order chi connectivity index (χ1) is 9.37. The van der Waals surface area contributed by atoms with Crippen LogP contribution in [-0.4, -0.2) is 67.7 Å². The highest BCUT2D eigenvalue weighted by atomic mass is 32.2. The quantitative estimate of drug-likeness (QED) is 0.712. The van der Waals surface area contributed by atoms with Gasteiger partial charge >= 0.3 is 12.2 Å². The minimum Gasteiger partial charge on any atom is -0.465 e. The van der Waals surface area contributed by atoms with Crippen molar-refractivity contribution in [1.82, 2.24) is 10.2 Å². The lowest BCUT2D eigenvalue weighted by Gasteiger charge is -2.23. The highest BCUT2D eigenvalue weighted by molar-refractivity contribution is 7.86. The molecule has 0 radical (unpaired) electrons. The Balaban J connectivity index is 2.75. The van der Waals surface area contributed by atoms with E-state index in [2.05, 4.69) is 5.32 Å². The number of amides is 2. The lowest BCUT2D eigenvalue weighted by molar-refractivity contribution is 0.0474. The molecule has 2 N–H and O–H groups in total. The number of hydrogen-bond acceptors (Lipinski definition) is 6. The smallest absolute Gasteiger partial charge is 0.408 e. The van der Waals surface area contributed by atoms with Crippen molar-refractivity contribution in [2.45, 2.75) is 38.5 Å². The molecule has 1 aliphatic rings. The van der Waals surface area contributed by atoms with E-state index in [0.717, 1.165) is 11.2 Å². The zero-order chi connectivity index (χ0) is 16.4. The number of nitrogens with zero attached hydrogens (tertiary/aromatic N) is 1. The Morgan fingerprint density at radius 2 is 1.86 bits per heavy atom. The lowest BCUT2D eigenvalue weighted by Crippen LogP contribution is -2.46. The molecule has 2 unspecified atom stereocenters. The molecule has 1 heterocycles. The predicted octanol–water partition coefficient (Wildman–Crippen LogP) is 0.218. The number of alkyl carbamates (subject to hydrolysis) is 1. The van der Waals surface area contributed by atoms with Crippen molar-refractivity contribution in [3.8, 4) is 0 Å². The fraction of sp³-hybridized carbons (Fsp3) is 0.818. The maximum atomic E-state index is 11.7. The second-order valence-corrected chi connectivity index (χ2v) is 7.38. The molecule has 21 heavy (non-hydrogen) atoms. The average molecular weight is 324 g/mol. The summed E-state index contributed by atoms with van der Waals surface area (Å²) in [6, 6.07) is -0.800. The number of carbonyl (C=O) groups is 2. The third-order valence-electron chi connectivity index (χ3n) is 2.54. The van der Waals surface area contributed by atoms with Crippen molar-refractivity contribution in [3.05, 3.63) is 0 Å². The van der Waals surface area contributed by atoms with Gasteiger partial charge in [0.1, 0.15) is 11.7 Å². The minimum atomic E-state index is -3.77. The standard InChI is InChI=1S/C11H20N2O7S/c1-11(2,3)19-9(14)12-7-5-13(10(15)16)6-8(7)20-21(4,17)18/h7-8H,5-6H2,1-4H3,(H,12,14)(H,15,16). The second kappa shape index (κ2) is 6.06. The van der Waals surface area contributed by atoms with Crippen LogP contribution in [0.5, 0.6) is 0 Å². The molecule has 1 saturated heterocycles. The molecule has 1 aliphatic heterocycles. The second-order valence-electron chi connectivity index (χ2n) is 5.78. The Labute approximate surface area is 123 Å². The van der Waals surface area contributed by atoms with Crippen LogP contribution in [0.25, 0.3) is 0 Å². The summed E-state index contributed by atoms with van der Waals surface area (Å²) in [5.74, 6) is 0. The third-order valence-corrected chi connectivity index (χ3v) is 3.13. The van der Waals surface area contributed by atoms with Crippen LogP contribution < -0.4 is 5.32 Å². The van der Waals surface area contributed by atoms with Crippen LogP contribution in [-0.2, 0) is 19.0 Å². The molecule has 2 atom stereocenters. The molecule has 0 spiro atoms. The molecular weight excluding hydrogens is 304 g/mol. The van der Waals surface area contributed by atoms with E-state index in [-0.39, 0.29) is 13.1 Å². The first kappa shape index (κ1) is 17.5. The summed E-state index contributed by atoms with van der Waals surface area (Å²) in [4.78, 5) is 23.6. The fourth-order valence-corrected chi connectivity index (χ4v) is 2.49. The molecule has 0 aromatic heterocycles. The fourth-order valence-electron chi connectivity index (χ4n) is 1.85. The highest BCUT2D eigenvalue weighted by Gasteiger charge is 2.39. The largest absolute Gasteiger partial charge is 0.465 e. The molecule has 0 saturated carbocycles. The molecule has 2 amide bonds. The van der Waals surface area contributed by atoms with Gasteiger partial charge in [-0.2, -0.15) is 8.42 Å². The zero-order valence-electron chi connectivity index (χ0n) is 12.3. The van der Waals surface area contributed by atoms with Gasteiger partial charge in [-0.05, 0) is 20.8 Å². The van der Waals surface area contributed by atoms with E-state index in [4.69, 9.17) is 14.0 Å². The van der Waals surface area contributed by atoms with E-state index in [1.807, 2.05) is 0 Å². The van der Waals surface area contributed by atoms with Crippen LogP contribution in [0.2, 0.25) is 0 Å². The molecule has 9 nitrogen and oxygen atoms in total. The van der Waals surface area contributed by atoms with Gasteiger partial charge in [0.2, 0.25) is 0 Å². The Hall–Kier alpha value is -1.55. The SMILES string of the molecule is CC(C)(C)OC(=O)NC1CN(C(=O)O)CC1OS(C)(=O)=O. The summed E-state index contributed by atoms with van der Waals surface area (Å²) in [5, 5.41) is 11.4. The van der Waals surface area contributed by atoms with E-state index in [9.17, 15) is 18.0 Å². The summed E-state index contributed by atoms with van der Waals surface area (Å²) < 4.78 is 32.3. The van der Waals surface area contributed by atoms with Crippen LogP contribution >= 0.6 is 0 Å². The molecule has 0 bridgehead atoms. The lowest BCUT2D eigenvalue weighted by atomic mass is 10.2. The van der Waals surface area contributed by atoms with Crippen molar-refractivity contribution in [2.24, 2.45) is 0 Å². The maximum absolute atomic E-state index is 11.7. The van der Waals surface area contributed by atoms with Gasteiger partial charge in [-0.25, -0.2) is 9.59 Å². The van der Waals surface area contributed by atoms with E-state index >= 15 is 0 Å². The van der Waals surface area contributed by atoms with Crippen molar-refractivity contribution in [3.63, 3.8) is 0 Å². The van der Waals surface area contributed by atoms with E-state index in [0.29, 0.717) is 0 Å². The Bertz CT molecular complexity index is 511. The number of hydrogen-bond donors (Lipinski definition) is 2. The zero-order valence-corrected chi connectivity index (χ0v) is 13.1. The summed E-state index contributed by atoms with van der Waals surface area (Å²) >= 11 is 0. The average Bonchev–Trinajstić information content (AvgIpc) is 2.55. The van der Waals surface area contributed by atoms with Crippen LogP contribution in [0, 0.1) is 0 Å². The summed E-state index contributed by atoms with van der Waals surface area (Å²) in [7, 11) is -3.77. The molecule has 0 aromatic carbocycles. The monoisotopic (exact) mass is 324 g/mol. The predicted molar refractivity (Wildman–Crippen MR) is 72.5 cm³/mol. The summed E-state index contributed by atoms with van der Waals surface area (Å²) in [6.45, 7) is 4.80. The van der Waals surface area contributed by atoms with Gasteiger partial charge in [-0.15, -0.1) is 0 Å². The van der Waals surface area contributed by atoms with E-state index in [1.165, 1.54) is 0 Å². The van der Waals surface area contributed by atoms with Crippen LogP contribution in [0.4, 0.5) is 9.59 Å². The van der Waals surface area contributed by atoms with Crippen LogP contribution in [0.1, 0.15) is 20.8 Å². The van der Waals surface area contributed by atoms with Gasteiger partial charge in [0.15, 0.2) is 0 Å². The number of carbonyl (C=O) groups excluding carboxylic acids is 1. The number of rotatable bonds is 3. The molecule has 1 fully saturated rings. The van der Waals surface area contributed by atoms with Gasteiger partial charge in [-0.1, -0.05) is 0 Å². The first-order valence-corrected chi connectivity index (χ1v) is 8.05. The number of carboxylic acid groups (broad SMARTS) is 1. The summed E-state index contributed by atoms with van der Waals surface area (Å²) in [5.41, 5.74) is -0.720. The topological polar surface area (TPSA) is 122 Å².